The summed E-state index contributed by atoms with van der Waals surface area (Å²) in [6.07, 6.45) is 0.158. The van der Waals surface area contributed by atoms with E-state index in [0.29, 0.717) is 19.4 Å². The van der Waals surface area contributed by atoms with Gasteiger partial charge in [-0.3, -0.25) is 4.79 Å². The van der Waals surface area contributed by atoms with E-state index in [1.54, 1.807) is 0 Å². The van der Waals surface area contributed by atoms with Gasteiger partial charge in [-0.1, -0.05) is 0 Å². The van der Waals surface area contributed by atoms with E-state index >= 15 is 0 Å². The zero-order valence-electron chi connectivity index (χ0n) is 8.09. The Hall–Kier alpha value is -0.710. The maximum absolute atomic E-state index is 12.1. The molecular weight excluding hydrogens is 190 g/mol. The highest BCUT2D eigenvalue weighted by Crippen LogP contribution is 2.28. The first-order valence-corrected chi connectivity index (χ1v) is 4.93. The Morgan fingerprint density at radius 1 is 1.50 bits per heavy atom. The maximum atomic E-state index is 12.1. The van der Waals surface area contributed by atoms with Crippen molar-refractivity contribution < 1.29 is 13.6 Å². The molecule has 1 aliphatic rings. The summed E-state index contributed by atoms with van der Waals surface area (Å²) < 4.78 is 24.3. The smallest absolute Gasteiger partial charge is 0.255 e. The number of nitrogens with zero attached hydrogens (tertiary/aromatic N) is 1. The number of amides is 1. The van der Waals surface area contributed by atoms with Gasteiger partial charge in [-0.25, -0.2) is 8.78 Å². The molecule has 0 aliphatic heterocycles. The minimum atomic E-state index is -2.43. The second-order valence-electron chi connectivity index (χ2n) is 3.56. The number of halogens is 2. The highest BCUT2D eigenvalue weighted by molar-refractivity contribution is 5.76. The molecule has 0 aromatic carbocycles. The number of hydrogen-bond donors (Lipinski definition) is 1. The summed E-state index contributed by atoms with van der Waals surface area (Å²) >= 11 is 0. The molecule has 0 saturated heterocycles. The molecule has 0 bridgehead atoms. The summed E-state index contributed by atoms with van der Waals surface area (Å²) in [6, 6.07) is 0.0641. The molecule has 2 N–H and O–H groups in total. The van der Waals surface area contributed by atoms with E-state index in [-0.39, 0.29) is 11.9 Å². The van der Waals surface area contributed by atoms with E-state index < -0.39 is 13.0 Å². The summed E-state index contributed by atoms with van der Waals surface area (Å²) in [5, 5.41) is 0. The van der Waals surface area contributed by atoms with Gasteiger partial charge in [0, 0.05) is 12.5 Å². The van der Waals surface area contributed by atoms with Gasteiger partial charge in [0.1, 0.15) is 0 Å². The zero-order valence-corrected chi connectivity index (χ0v) is 8.09. The number of rotatable bonds is 6. The lowest BCUT2D eigenvalue weighted by atomic mass is 10.2. The minimum absolute atomic E-state index is 0.0641. The predicted molar refractivity (Wildman–Crippen MR) is 49.0 cm³/mol. The van der Waals surface area contributed by atoms with E-state index in [9.17, 15) is 13.6 Å². The molecule has 1 amide bonds. The first-order valence-electron chi connectivity index (χ1n) is 4.93. The SMILES string of the molecule is NCCCC(=O)N(CC(F)F)C1CC1. The van der Waals surface area contributed by atoms with E-state index in [4.69, 9.17) is 5.73 Å². The Morgan fingerprint density at radius 3 is 2.57 bits per heavy atom. The highest BCUT2D eigenvalue weighted by atomic mass is 19.3. The topological polar surface area (TPSA) is 46.3 Å². The molecular formula is C9H16F2N2O. The molecule has 0 heterocycles. The van der Waals surface area contributed by atoms with Gasteiger partial charge in [0.2, 0.25) is 5.91 Å². The standard InChI is InChI=1S/C9H16F2N2O/c10-8(11)6-13(7-3-4-7)9(14)2-1-5-12/h7-8H,1-6,12H2. The van der Waals surface area contributed by atoms with E-state index in [0.717, 1.165) is 12.8 Å². The minimum Gasteiger partial charge on any atom is -0.334 e. The van der Waals surface area contributed by atoms with Crippen LogP contribution in [0.5, 0.6) is 0 Å². The number of hydrogen-bond acceptors (Lipinski definition) is 2. The average molecular weight is 206 g/mol. The van der Waals surface area contributed by atoms with Crippen LogP contribution in [0.4, 0.5) is 8.78 Å². The van der Waals surface area contributed by atoms with Gasteiger partial charge in [-0.2, -0.15) is 0 Å². The van der Waals surface area contributed by atoms with E-state index in [1.807, 2.05) is 0 Å². The third kappa shape index (κ3) is 3.57. The molecule has 1 saturated carbocycles. The van der Waals surface area contributed by atoms with Crippen molar-refractivity contribution in [1.29, 1.82) is 0 Å². The van der Waals surface area contributed by atoms with Crippen LogP contribution >= 0.6 is 0 Å². The van der Waals surface area contributed by atoms with Crippen molar-refractivity contribution in [3.63, 3.8) is 0 Å². The third-order valence-electron chi connectivity index (χ3n) is 2.24. The molecule has 14 heavy (non-hydrogen) atoms. The van der Waals surface area contributed by atoms with Crippen LogP contribution in [0.2, 0.25) is 0 Å². The normalized spacial score (nSPS) is 16.0. The Balaban J connectivity index is 2.36. The molecule has 1 fully saturated rings. The number of carbonyl (C=O) groups is 1. The molecule has 82 valence electrons. The predicted octanol–water partition coefficient (Wildman–Crippen LogP) is 0.981. The van der Waals surface area contributed by atoms with Gasteiger partial charge in [0.15, 0.2) is 0 Å². The molecule has 0 aromatic heterocycles. The van der Waals surface area contributed by atoms with Crippen LogP contribution in [0, 0.1) is 0 Å². The van der Waals surface area contributed by atoms with Gasteiger partial charge >= 0.3 is 0 Å². The molecule has 3 nitrogen and oxygen atoms in total. The van der Waals surface area contributed by atoms with Crippen molar-refractivity contribution in [2.24, 2.45) is 5.73 Å². The molecule has 0 aromatic rings. The largest absolute Gasteiger partial charge is 0.334 e. The number of alkyl halides is 2. The van der Waals surface area contributed by atoms with Gasteiger partial charge in [-0.15, -0.1) is 0 Å². The molecule has 0 spiro atoms. The van der Waals surface area contributed by atoms with Crippen molar-refractivity contribution in [3.05, 3.63) is 0 Å². The fraction of sp³-hybridized carbons (Fsp3) is 0.889. The van der Waals surface area contributed by atoms with Gasteiger partial charge < -0.3 is 10.6 Å². The second-order valence-corrected chi connectivity index (χ2v) is 3.56. The van der Waals surface area contributed by atoms with Crippen LogP contribution in [-0.4, -0.2) is 36.4 Å². The zero-order chi connectivity index (χ0) is 10.6. The van der Waals surface area contributed by atoms with E-state index in [2.05, 4.69) is 0 Å². The maximum Gasteiger partial charge on any atom is 0.255 e. The van der Waals surface area contributed by atoms with Crippen molar-refractivity contribution in [2.75, 3.05) is 13.1 Å². The van der Waals surface area contributed by atoms with Crippen molar-refractivity contribution in [1.82, 2.24) is 4.90 Å². The first kappa shape index (κ1) is 11.4. The second kappa shape index (κ2) is 5.24. The van der Waals surface area contributed by atoms with Crippen molar-refractivity contribution >= 4 is 5.91 Å². The van der Waals surface area contributed by atoms with Crippen LogP contribution in [0.25, 0.3) is 0 Å². The summed E-state index contributed by atoms with van der Waals surface area (Å²) in [5.41, 5.74) is 5.25. The quantitative estimate of drug-likeness (QED) is 0.704. The Labute approximate surface area is 82.2 Å². The Kier molecular flexibility index (Phi) is 4.25. The summed E-state index contributed by atoms with van der Waals surface area (Å²) in [5.74, 6) is -0.182. The van der Waals surface area contributed by atoms with Crippen LogP contribution < -0.4 is 5.73 Å². The molecule has 0 unspecified atom stereocenters. The molecule has 0 radical (unpaired) electrons. The molecule has 1 rings (SSSR count). The van der Waals surface area contributed by atoms with Crippen molar-refractivity contribution in [2.45, 2.75) is 38.2 Å². The lowest BCUT2D eigenvalue weighted by Gasteiger charge is -2.21. The average Bonchev–Trinajstić information content (AvgIpc) is 2.93. The fourth-order valence-electron chi connectivity index (χ4n) is 1.39. The Morgan fingerprint density at radius 2 is 2.14 bits per heavy atom. The lowest BCUT2D eigenvalue weighted by molar-refractivity contribution is -0.133. The van der Waals surface area contributed by atoms with Crippen molar-refractivity contribution in [3.8, 4) is 0 Å². The van der Waals surface area contributed by atoms with Gasteiger partial charge in [0.25, 0.3) is 6.43 Å². The monoisotopic (exact) mass is 206 g/mol. The number of carbonyl (C=O) groups excluding carboxylic acids is 1. The molecule has 0 atom stereocenters. The van der Waals surface area contributed by atoms with Crippen LogP contribution in [0.3, 0.4) is 0 Å². The van der Waals surface area contributed by atoms with Crippen LogP contribution in [0.1, 0.15) is 25.7 Å². The highest BCUT2D eigenvalue weighted by Gasteiger charge is 2.33. The van der Waals surface area contributed by atoms with Crippen LogP contribution in [-0.2, 0) is 4.79 Å². The lowest BCUT2D eigenvalue weighted by Crippen LogP contribution is -2.37. The summed E-state index contributed by atoms with van der Waals surface area (Å²) in [7, 11) is 0. The summed E-state index contributed by atoms with van der Waals surface area (Å²) in [6.45, 7) is 0.00694. The third-order valence-corrected chi connectivity index (χ3v) is 2.24. The van der Waals surface area contributed by atoms with E-state index in [1.165, 1.54) is 4.90 Å². The van der Waals surface area contributed by atoms with Gasteiger partial charge in [-0.05, 0) is 25.8 Å². The molecule has 5 heteroatoms. The molecule has 1 aliphatic carbocycles. The number of nitrogens with two attached hydrogens (primary N) is 1. The van der Waals surface area contributed by atoms with Crippen LogP contribution in [0.15, 0.2) is 0 Å². The first-order chi connectivity index (χ1) is 6.65. The van der Waals surface area contributed by atoms with Gasteiger partial charge in [0.05, 0.1) is 6.54 Å². The Bertz CT molecular complexity index is 195. The fourth-order valence-corrected chi connectivity index (χ4v) is 1.39. The summed E-state index contributed by atoms with van der Waals surface area (Å²) in [4.78, 5) is 12.8.